The number of pyridine rings is 1. The number of hydrogen-bond donors (Lipinski definition) is 0. The molecule has 0 radical (unpaired) electrons. The van der Waals surface area contributed by atoms with Crippen LogP contribution in [0.5, 0.6) is 0 Å². The third kappa shape index (κ3) is 3.71. The van der Waals surface area contributed by atoms with Crippen molar-refractivity contribution in [3.8, 4) is 0 Å². The van der Waals surface area contributed by atoms with Gasteiger partial charge in [0.15, 0.2) is 0 Å². The molecule has 62 valence electrons. The zero-order chi connectivity index (χ0) is 7.23. The molecule has 0 unspecified atom stereocenters. The predicted octanol–water partition coefficient (Wildman–Crippen LogP) is 2.58. The summed E-state index contributed by atoms with van der Waals surface area (Å²) in [6.45, 7) is 2.20. The Morgan fingerprint density at radius 1 is 1.45 bits per heavy atom. The number of unbranched alkanes of at least 4 members (excludes halogenated alkanes) is 1. The number of aromatic nitrogens is 1. The molecule has 1 heterocycles. The Morgan fingerprint density at radius 3 is 2.82 bits per heavy atom. The number of aryl methyl sites for hydroxylation is 1. The van der Waals surface area contributed by atoms with Crippen LogP contribution in [0.2, 0.25) is 0 Å². The third-order valence-corrected chi connectivity index (χ3v) is 1.54. The maximum absolute atomic E-state index is 4.04. The summed E-state index contributed by atoms with van der Waals surface area (Å²) in [4.78, 5) is 4.04. The highest BCUT2D eigenvalue weighted by Crippen LogP contribution is 2.01. The number of nitrogens with zero attached hydrogens (tertiary/aromatic N) is 1. The van der Waals surface area contributed by atoms with Crippen LogP contribution in [0.15, 0.2) is 24.5 Å². The first kappa shape index (κ1) is 10.1. The molecule has 1 aromatic heterocycles. The standard InChI is InChI=1S/C9H13N.FH/c1-2-3-5-9-6-4-7-10-8-9;/h4,6-8H,2-3,5H2,1H3;1H. The van der Waals surface area contributed by atoms with Gasteiger partial charge in [0.2, 0.25) is 0 Å². The van der Waals surface area contributed by atoms with Crippen molar-refractivity contribution in [2.45, 2.75) is 26.2 Å². The van der Waals surface area contributed by atoms with Gasteiger partial charge in [-0.3, -0.25) is 9.69 Å². The van der Waals surface area contributed by atoms with Gasteiger partial charge < -0.3 is 0 Å². The van der Waals surface area contributed by atoms with Crippen molar-refractivity contribution in [1.29, 1.82) is 0 Å². The van der Waals surface area contributed by atoms with Gasteiger partial charge in [-0.1, -0.05) is 19.4 Å². The van der Waals surface area contributed by atoms with E-state index in [9.17, 15) is 0 Å². The van der Waals surface area contributed by atoms with Crippen LogP contribution < -0.4 is 0 Å². The Balaban J connectivity index is 0.000001000. The summed E-state index contributed by atoms with van der Waals surface area (Å²) in [5.74, 6) is 0. The summed E-state index contributed by atoms with van der Waals surface area (Å²) >= 11 is 0. The highest BCUT2D eigenvalue weighted by Gasteiger charge is 1.88. The minimum atomic E-state index is 0. The summed E-state index contributed by atoms with van der Waals surface area (Å²) in [6, 6.07) is 4.12. The van der Waals surface area contributed by atoms with Gasteiger partial charge in [-0.2, -0.15) is 0 Å². The highest BCUT2D eigenvalue weighted by atomic mass is 19.0. The predicted molar refractivity (Wildman–Crippen MR) is 45.4 cm³/mol. The average Bonchev–Trinajstić information content (AvgIpc) is 2.03. The summed E-state index contributed by atoms with van der Waals surface area (Å²) in [5.41, 5.74) is 1.35. The van der Waals surface area contributed by atoms with Crippen molar-refractivity contribution < 1.29 is 4.70 Å². The van der Waals surface area contributed by atoms with E-state index < -0.39 is 0 Å². The Morgan fingerprint density at radius 2 is 2.27 bits per heavy atom. The molecule has 0 N–H and O–H groups in total. The van der Waals surface area contributed by atoms with Crippen LogP contribution >= 0.6 is 0 Å². The zero-order valence-corrected chi connectivity index (χ0v) is 6.79. The van der Waals surface area contributed by atoms with E-state index in [-0.39, 0.29) is 4.70 Å². The molecule has 0 fully saturated rings. The molecule has 11 heavy (non-hydrogen) atoms. The Hall–Kier alpha value is -0.920. The molecule has 0 saturated carbocycles. The van der Waals surface area contributed by atoms with Crippen molar-refractivity contribution in [2.75, 3.05) is 0 Å². The van der Waals surface area contributed by atoms with E-state index in [2.05, 4.69) is 18.0 Å². The van der Waals surface area contributed by atoms with E-state index >= 15 is 0 Å². The monoisotopic (exact) mass is 155 g/mol. The van der Waals surface area contributed by atoms with Gasteiger partial charge in [-0.15, -0.1) is 0 Å². The zero-order valence-electron chi connectivity index (χ0n) is 6.79. The SMILES string of the molecule is CCCCc1cccnc1.F. The minimum Gasteiger partial charge on any atom is -0.269 e. The first-order chi connectivity index (χ1) is 4.93. The summed E-state index contributed by atoms with van der Waals surface area (Å²) in [5, 5.41) is 0. The van der Waals surface area contributed by atoms with E-state index in [4.69, 9.17) is 0 Å². The van der Waals surface area contributed by atoms with Gasteiger partial charge in [-0.05, 0) is 24.5 Å². The van der Waals surface area contributed by atoms with Crippen molar-refractivity contribution >= 4 is 0 Å². The van der Waals surface area contributed by atoms with E-state index in [1.807, 2.05) is 18.5 Å². The molecule has 0 atom stereocenters. The van der Waals surface area contributed by atoms with Crippen LogP contribution in [-0.2, 0) is 6.42 Å². The van der Waals surface area contributed by atoms with Crippen LogP contribution in [0, 0.1) is 0 Å². The first-order valence-corrected chi connectivity index (χ1v) is 3.82. The maximum atomic E-state index is 4.04. The molecule has 0 spiro atoms. The molecule has 0 saturated heterocycles. The molecule has 0 aliphatic carbocycles. The fraction of sp³-hybridized carbons (Fsp3) is 0.444. The molecular weight excluding hydrogens is 141 g/mol. The fourth-order valence-corrected chi connectivity index (χ4v) is 0.927. The second-order valence-electron chi connectivity index (χ2n) is 2.46. The number of rotatable bonds is 3. The lowest BCUT2D eigenvalue weighted by Crippen LogP contribution is -1.83. The van der Waals surface area contributed by atoms with Gasteiger partial charge >= 0.3 is 0 Å². The fourth-order valence-electron chi connectivity index (χ4n) is 0.927. The molecule has 0 aliphatic rings. The highest BCUT2D eigenvalue weighted by molar-refractivity contribution is 5.07. The Labute approximate surface area is 66.8 Å². The molecule has 1 aromatic rings. The van der Waals surface area contributed by atoms with Crippen LogP contribution in [0.1, 0.15) is 25.3 Å². The van der Waals surface area contributed by atoms with Crippen molar-refractivity contribution in [1.82, 2.24) is 4.98 Å². The summed E-state index contributed by atoms with van der Waals surface area (Å²) < 4.78 is 0. The lowest BCUT2D eigenvalue weighted by Gasteiger charge is -1.95. The molecule has 0 amide bonds. The lowest BCUT2D eigenvalue weighted by molar-refractivity contribution is 0.792. The number of hydrogen-bond acceptors (Lipinski definition) is 1. The van der Waals surface area contributed by atoms with Crippen LogP contribution in [0.3, 0.4) is 0 Å². The second kappa shape index (κ2) is 5.83. The molecule has 0 aromatic carbocycles. The van der Waals surface area contributed by atoms with Crippen LogP contribution in [0.25, 0.3) is 0 Å². The maximum Gasteiger partial charge on any atom is 0.0299 e. The summed E-state index contributed by atoms with van der Waals surface area (Å²) in [6.07, 6.45) is 7.45. The minimum absolute atomic E-state index is 0. The third-order valence-electron chi connectivity index (χ3n) is 1.54. The molecule has 1 nitrogen and oxygen atoms in total. The van der Waals surface area contributed by atoms with E-state index in [0.29, 0.717) is 0 Å². The Kier molecular flexibility index (Phi) is 5.35. The molecule has 2 heteroatoms. The molecule has 1 rings (SSSR count). The normalized spacial score (nSPS) is 8.82. The van der Waals surface area contributed by atoms with Crippen molar-refractivity contribution in [3.63, 3.8) is 0 Å². The van der Waals surface area contributed by atoms with Crippen molar-refractivity contribution in [3.05, 3.63) is 30.1 Å². The van der Waals surface area contributed by atoms with Crippen LogP contribution in [0.4, 0.5) is 4.70 Å². The van der Waals surface area contributed by atoms with Crippen molar-refractivity contribution in [2.24, 2.45) is 0 Å². The Bertz CT molecular complexity index is 174. The number of halogens is 1. The first-order valence-electron chi connectivity index (χ1n) is 3.82. The molecule has 0 aliphatic heterocycles. The van der Waals surface area contributed by atoms with Crippen LogP contribution in [-0.4, -0.2) is 4.98 Å². The lowest BCUT2D eigenvalue weighted by atomic mass is 10.1. The molecule has 0 bridgehead atoms. The van der Waals surface area contributed by atoms with Gasteiger partial charge in [-0.25, -0.2) is 0 Å². The second-order valence-corrected chi connectivity index (χ2v) is 2.46. The topological polar surface area (TPSA) is 12.9 Å². The molecular formula is C9H14FN. The van der Waals surface area contributed by atoms with E-state index in [0.717, 1.165) is 0 Å². The van der Waals surface area contributed by atoms with Gasteiger partial charge in [0, 0.05) is 12.4 Å². The van der Waals surface area contributed by atoms with Gasteiger partial charge in [0.05, 0.1) is 0 Å². The van der Waals surface area contributed by atoms with Gasteiger partial charge in [0.25, 0.3) is 0 Å². The van der Waals surface area contributed by atoms with E-state index in [1.54, 1.807) is 0 Å². The van der Waals surface area contributed by atoms with Gasteiger partial charge in [0.1, 0.15) is 0 Å². The quantitative estimate of drug-likeness (QED) is 0.653. The average molecular weight is 155 g/mol. The smallest absolute Gasteiger partial charge is 0.0299 e. The van der Waals surface area contributed by atoms with E-state index in [1.165, 1.54) is 24.8 Å². The summed E-state index contributed by atoms with van der Waals surface area (Å²) in [7, 11) is 0. The largest absolute Gasteiger partial charge is 0.269 e.